The maximum Gasteiger partial charge on any atom is 0.274 e. The van der Waals surface area contributed by atoms with Crippen LogP contribution in [0.25, 0.3) is 0 Å². The molecule has 154 valence electrons. The van der Waals surface area contributed by atoms with Gasteiger partial charge in [0.05, 0.1) is 6.54 Å². The van der Waals surface area contributed by atoms with Crippen LogP contribution in [0.15, 0.2) is 71.5 Å². The summed E-state index contributed by atoms with van der Waals surface area (Å²) < 4.78 is 6.93. The molecule has 0 N–H and O–H groups in total. The smallest absolute Gasteiger partial charge is 0.274 e. The van der Waals surface area contributed by atoms with Crippen molar-refractivity contribution in [2.45, 2.75) is 13.1 Å². The normalized spacial score (nSPS) is 13.5. The molecule has 0 unspecified atom stereocenters. The number of fused-ring (bicyclic) bond motifs is 1. The van der Waals surface area contributed by atoms with Crippen LogP contribution < -0.4 is 15.2 Å². The van der Waals surface area contributed by atoms with Gasteiger partial charge in [-0.15, -0.1) is 0 Å². The lowest BCUT2D eigenvalue weighted by Crippen LogP contribution is -2.36. The van der Waals surface area contributed by atoms with Crippen LogP contribution >= 0.6 is 0 Å². The SMILES string of the molecule is CN1CCN(C(=O)c2ccc(=O)n(CCOc3ccccc3)n2)Cc2ccccc21. The van der Waals surface area contributed by atoms with Crippen LogP contribution in [0.4, 0.5) is 5.69 Å². The lowest BCUT2D eigenvalue weighted by atomic mass is 10.1. The number of likely N-dealkylation sites (N-methyl/N-ethyl adjacent to an activating group) is 1. The van der Waals surface area contributed by atoms with Gasteiger partial charge in [0.2, 0.25) is 0 Å². The number of aromatic nitrogens is 2. The Labute approximate surface area is 175 Å². The number of carbonyl (C=O) groups excluding carboxylic acids is 1. The van der Waals surface area contributed by atoms with Crippen molar-refractivity contribution in [3.63, 3.8) is 0 Å². The van der Waals surface area contributed by atoms with Crippen LogP contribution in [0.1, 0.15) is 16.1 Å². The summed E-state index contributed by atoms with van der Waals surface area (Å²) in [6.45, 7) is 2.38. The summed E-state index contributed by atoms with van der Waals surface area (Å²) in [4.78, 5) is 29.2. The largest absolute Gasteiger partial charge is 0.492 e. The van der Waals surface area contributed by atoms with Crippen molar-refractivity contribution in [2.75, 3.05) is 31.6 Å². The summed E-state index contributed by atoms with van der Waals surface area (Å²) in [5.41, 5.74) is 2.22. The molecule has 0 fully saturated rings. The highest BCUT2D eigenvalue weighted by Gasteiger charge is 2.23. The van der Waals surface area contributed by atoms with Gasteiger partial charge in [-0.1, -0.05) is 36.4 Å². The summed E-state index contributed by atoms with van der Waals surface area (Å²) >= 11 is 0. The van der Waals surface area contributed by atoms with E-state index in [-0.39, 0.29) is 30.3 Å². The van der Waals surface area contributed by atoms with Crippen LogP contribution in [-0.4, -0.2) is 47.3 Å². The van der Waals surface area contributed by atoms with Gasteiger partial charge in [-0.3, -0.25) is 9.59 Å². The molecule has 0 radical (unpaired) electrons. The van der Waals surface area contributed by atoms with Gasteiger partial charge in [0.15, 0.2) is 0 Å². The van der Waals surface area contributed by atoms with Crippen molar-refractivity contribution in [1.29, 1.82) is 0 Å². The molecule has 7 heteroatoms. The minimum atomic E-state index is -0.260. The van der Waals surface area contributed by atoms with Crippen LogP contribution in [0.5, 0.6) is 5.75 Å². The second-order valence-corrected chi connectivity index (χ2v) is 7.22. The number of hydrogen-bond donors (Lipinski definition) is 0. The predicted molar refractivity (Wildman–Crippen MR) is 115 cm³/mol. The highest BCUT2D eigenvalue weighted by molar-refractivity contribution is 5.92. The highest BCUT2D eigenvalue weighted by Crippen LogP contribution is 2.24. The molecule has 1 amide bonds. The average molecular weight is 404 g/mol. The fourth-order valence-electron chi connectivity index (χ4n) is 3.52. The molecular weight excluding hydrogens is 380 g/mol. The first-order valence-corrected chi connectivity index (χ1v) is 9.96. The van der Waals surface area contributed by atoms with Gasteiger partial charge < -0.3 is 14.5 Å². The number of nitrogens with zero attached hydrogens (tertiary/aromatic N) is 4. The van der Waals surface area contributed by atoms with Crippen molar-refractivity contribution in [3.05, 3.63) is 88.3 Å². The molecule has 3 aromatic rings. The van der Waals surface area contributed by atoms with E-state index in [4.69, 9.17) is 4.74 Å². The molecule has 4 rings (SSSR count). The van der Waals surface area contributed by atoms with Crippen molar-refractivity contribution >= 4 is 11.6 Å². The zero-order chi connectivity index (χ0) is 20.9. The molecule has 7 nitrogen and oxygen atoms in total. The lowest BCUT2D eigenvalue weighted by molar-refractivity contribution is 0.0742. The first-order valence-electron chi connectivity index (χ1n) is 9.96. The van der Waals surface area contributed by atoms with E-state index in [1.165, 1.54) is 16.8 Å². The molecule has 1 aromatic heterocycles. The van der Waals surface area contributed by atoms with Crippen molar-refractivity contribution < 1.29 is 9.53 Å². The lowest BCUT2D eigenvalue weighted by Gasteiger charge is -2.21. The van der Waals surface area contributed by atoms with Gasteiger partial charge in [0.25, 0.3) is 11.5 Å². The van der Waals surface area contributed by atoms with Crippen molar-refractivity contribution in [1.82, 2.24) is 14.7 Å². The van der Waals surface area contributed by atoms with E-state index >= 15 is 0 Å². The Morgan fingerprint density at radius 1 is 1.00 bits per heavy atom. The number of carbonyl (C=O) groups is 1. The number of rotatable bonds is 5. The van der Waals surface area contributed by atoms with Crippen molar-refractivity contribution in [2.24, 2.45) is 0 Å². The molecule has 0 saturated carbocycles. The van der Waals surface area contributed by atoms with Gasteiger partial charge in [-0.25, -0.2) is 4.68 Å². The summed E-state index contributed by atoms with van der Waals surface area (Å²) in [6, 6.07) is 20.3. The molecule has 1 aliphatic heterocycles. The quantitative estimate of drug-likeness (QED) is 0.653. The van der Waals surface area contributed by atoms with E-state index in [9.17, 15) is 9.59 Å². The maximum absolute atomic E-state index is 13.1. The molecule has 0 atom stereocenters. The Kier molecular flexibility index (Phi) is 5.79. The van der Waals surface area contributed by atoms with E-state index < -0.39 is 0 Å². The number of anilines is 1. The third-order valence-electron chi connectivity index (χ3n) is 5.16. The van der Waals surface area contributed by atoms with Gasteiger partial charge in [0, 0.05) is 38.4 Å². The van der Waals surface area contributed by atoms with E-state index in [1.807, 2.05) is 55.6 Å². The Balaban J connectivity index is 1.48. The zero-order valence-corrected chi connectivity index (χ0v) is 16.9. The molecular formula is C23H24N4O3. The minimum absolute atomic E-state index is 0.183. The second-order valence-electron chi connectivity index (χ2n) is 7.22. The Hall–Kier alpha value is -3.61. The van der Waals surface area contributed by atoms with E-state index in [0.29, 0.717) is 13.1 Å². The van der Waals surface area contributed by atoms with Crippen LogP contribution in [0.2, 0.25) is 0 Å². The summed E-state index contributed by atoms with van der Waals surface area (Å²) in [5.74, 6) is 0.544. The van der Waals surface area contributed by atoms with Crippen LogP contribution in [0, 0.1) is 0 Å². The van der Waals surface area contributed by atoms with E-state index in [0.717, 1.165) is 23.5 Å². The number of benzene rings is 2. The number of hydrogen-bond acceptors (Lipinski definition) is 5. The Bertz CT molecular complexity index is 1080. The Morgan fingerprint density at radius 3 is 2.60 bits per heavy atom. The predicted octanol–water partition coefficient (Wildman–Crippen LogP) is 2.41. The molecule has 0 spiro atoms. The Morgan fingerprint density at radius 2 is 1.77 bits per heavy atom. The zero-order valence-electron chi connectivity index (χ0n) is 16.9. The minimum Gasteiger partial charge on any atom is -0.492 e. The van der Waals surface area contributed by atoms with Crippen molar-refractivity contribution in [3.8, 4) is 5.75 Å². The fourth-order valence-corrected chi connectivity index (χ4v) is 3.52. The molecule has 0 aliphatic carbocycles. The van der Waals surface area contributed by atoms with Crippen LogP contribution in [-0.2, 0) is 13.1 Å². The summed E-state index contributed by atoms with van der Waals surface area (Å²) in [5, 5.41) is 4.30. The molecule has 2 heterocycles. The van der Waals surface area contributed by atoms with Gasteiger partial charge in [-0.05, 0) is 29.8 Å². The third kappa shape index (κ3) is 4.35. The van der Waals surface area contributed by atoms with E-state index in [1.54, 1.807) is 4.90 Å². The number of amides is 1. The van der Waals surface area contributed by atoms with Gasteiger partial charge in [0.1, 0.15) is 18.1 Å². The molecule has 0 bridgehead atoms. The average Bonchev–Trinajstić information content (AvgIpc) is 2.94. The second kappa shape index (κ2) is 8.82. The first-order chi connectivity index (χ1) is 14.6. The monoisotopic (exact) mass is 404 g/mol. The topological polar surface area (TPSA) is 67.7 Å². The maximum atomic E-state index is 13.1. The van der Waals surface area contributed by atoms with Gasteiger partial charge >= 0.3 is 0 Å². The number of para-hydroxylation sites is 2. The summed E-state index contributed by atoms with van der Waals surface area (Å²) in [6.07, 6.45) is 0. The standard InChI is InChI=1S/C23H24N4O3/c1-25-13-14-26(17-18-7-5-6-10-21(18)25)23(29)20-11-12-22(28)27(24-20)15-16-30-19-8-3-2-4-9-19/h2-12H,13-17H2,1H3. The van der Waals surface area contributed by atoms with Crippen LogP contribution in [0.3, 0.4) is 0 Å². The van der Waals surface area contributed by atoms with E-state index in [2.05, 4.69) is 16.1 Å². The third-order valence-corrected chi connectivity index (χ3v) is 5.16. The molecule has 2 aromatic carbocycles. The molecule has 30 heavy (non-hydrogen) atoms. The molecule has 1 aliphatic rings. The fraction of sp³-hybridized carbons (Fsp3) is 0.261. The number of ether oxygens (including phenoxy) is 1. The summed E-state index contributed by atoms with van der Waals surface area (Å²) in [7, 11) is 2.03. The molecule has 0 saturated heterocycles. The van der Waals surface area contributed by atoms with Gasteiger partial charge in [-0.2, -0.15) is 5.10 Å². The first kappa shape index (κ1) is 19.7. The highest BCUT2D eigenvalue weighted by atomic mass is 16.5.